The molecule has 186 valence electrons. The highest BCUT2D eigenvalue weighted by molar-refractivity contribution is 6.46. The number of aliphatic hydroxyl groups excluding tert-OH is 1. The zero-order valence-electron chi connectivity index (χ0n) is 20.2. The smallest absolute Gasteiger partial charge is 0.337 e. The molecule has 8 heteroatoms. The summed E-state index contributed by atoms with van der Waals surface area (Å²) in [6.07, 6.45) is 1.63. The second-order valence-corrected chi connectivity index (χ2v) is 8.64. The molecule has 1 amide bonds. The van der Waals surface area contributed by atoms with Crippen LogP contribution in [0.5, 0.6) is 5.75 Å². The largest absolute Gasteiger partial charge is 0.507 e. The second kappa shape index (κ2) is 9.66. The van der Waals surface area contributed by atoms with E-state index in [9.17, 15) is 19.5 Å². The van der Waals surface area contributed by atoms with Gasteiger partial charge in [-0.2, -0.15) is 0 Å². The summed E-state index contributed by atoms with van der Waals surface area (Å²) < 4.78 is 10.0. The molecule has 0 saturated carbocycles. The number of aliphatic hydroxyl groups is 1. The van der Waals surface area contributed by atoms with Gasteiger partial charge in [0.25, 0.3) is 11.7 Å². The highest BCUT2D eigenvalue weighted by atomic mass is 16.5. The maximum Gasteiger partial charge on any atom is 0.337 e. The van der Waals surface area contributed by atoms with Gasteiger partial charge in [0.15, 0.2) is 0 Å². The second-order valence-electron chi connectivity index (χ2n) is 8.64. The van der Waals surface area contributed by atoms with E-state index in [0.717, 1.165) is 10.9 Å². The number of carbonyl (C=O) groups excluding carboxylic acids is 3. The number of esters is 1. The molecular formula is C29H24N2O6. The lowest BCUT2D eigenvalue weighted by molar-refractivity contribution is -0.140. The summed E-state index contributed by atoms with van der Waals surface area (Å²) in [5.74, 6) is -1.59. The standard InChI is InChI=1S/C29H24N2O6/c1-36-20-13-11-18(12-14-20)25-24(26(32)22-15-30-23-6-4-3-5-21(22)23)27(33)28(34)31(25)16-17-7-9-19(10-8-17)29(35)37-2/h3-15,25,30,32H,16H2,1-2H3/b26-24-. The molecule has 3 aromatic carbocycles. The van der Waals surface area contributed by atoms with Crippen molar-refractivity contribution in [1.29, 1.82) is 0 Å². The minimum absolute atomic E-state index is 0.00565. The molecule has 1 aliphatic heterocycles. The maximum absolute atomic E-state index is 13.4. The molecule has 2 heterocycles. The number of methoxy groups -OCH3 is 2. The Balaban J connectivity index is 1.61. The Bertz CT molecular complexity index is 1530. The van der Waals surface area contributed by atoms with Gasteiger partial charge in [0.1, 0.15) is 11.5 Å². The fourth-order valence-corrected chi connectivity index (χ4v) is 4.65. The zero-order chi connectivity index (χ0) is 26.1. The summed E-state index contributed by atoms with van der Waals surface area (Å²) in [5.41, 5.74) is 2.97. The van der Waals surface area contributed by atoms with Gasteiger partial charge in [0.2, 0.25) is 0 Å². The summed E-state index contributed by atoms with van der Waals surface area (Å²) in [5, 5.41) is 12.2. The highest BCUT2D eigenvalue weighted by Gasteiger charge is 2.46. The SMILES string of the molecule is COC(=O)c1ccc(CN2C(=O)C(=O)/C(=C(\O)c3c[nH]c4ccccc34)C2c2ccc(OC)cc2)cc1. The average molecular weight is 497 g/mol. The van der Waals surface area contributed by atoms with Gasteiger partial charge in [-0.25, -0.2) is 4.79 Å². The van der Waals surface area contributed by atoms with Crippen molar-refractivity contribution in [3.8, 4) is 5.75 Å². The molecule has 4 aromatic rings. The molecule has 1 aliphatic rings. The summed E-state index contributed by atoms with van der Waals surface area (Å²) in [6.45, 7) is 0.0907. The van der Waals surface area contributed by atoms with E-state index in [2.05, 4.69) is 4.98 Å². The van der Waals surface area contributed by atoms with Gasteiger partial charge in [-0.05, 0) is 41.5 Å². The normalized spacial score (nSPS) is 16.8. The number of aromatic amines is 1. The molecule has 0 radical (unpaired) electrons. The third kappa shape index (κ3) is 4.23. The number of benzene rings is 3. The maximum atomic E-state index is 13.4. The molecule has 1 fully saturated rings. The molecule has 1 saturated heterocycles. The monoisotopic (exact) mass is 496 g/mol. The van der Waals surface area contributed by atoms with Crippen LogP contribution in [0.25, 0.3) is 16.7 Å². The first-order chi connectivity index (χ1) is 17.9. The van der Waals surface area contributed by atoms with E-state index in [0.29, 0.717) is 28.0 Å². The molecule has 8 nitrogen and oxygen atoms in total. The Hall–Kier alpha value is -4.85. The first-order valence-electron chi connectivity index (χ1n) is 11.6. The van der Waals surface area contributed by atoms with E-state index in [-0.39, 0.29) is 17.9 Å². The van der Waals surface area contributed by atoms with E-state index in [1.807, 2.05) is 24.3 Å². The lowest BCUT2D eigenvalue weighted by Crippen LogP contribution is -2.29. The van der Waals surface area contributed by atoms with E-state index in [1.54, 1.807) is 61.8 Å². The van der Waals surface area contributed by atoms with Gasteiger partial charge in [-0.1, -0.05) is 42.5 Å². The molecule has 5 rings (SSSR count). The van der Waals surface area contributed by atoms with Crippen molar-refractivity contribution in [2.24, 2.45) is 0 Å². The van der Waals surface area contributed by atoms with Gasteiger partial charge in [-0.15, -0.1) is 0 Å². The van der Waals surface area contributed by atoms with Crippen molar-refractivity contribution >= 4 is 34.3 Å². The topological polar surface area (TPSA) is 109 Å². The predicted octanol–water partition coefficient (Wildman–Crippen LogP) is 4.59. The molecule has 0 bridgehead atoms. The lowest BCUT2D eigenvalue weighted by Gasteiger charge is -2.25. The van der Waals surface area contributed by atoms with Crippen molar-refractivity contribution in [2.45, 2.75) is 12.6 Å². The quantitative estimate of drug-likeness (QED) is 0.175. The van der Waals surface area contributed by atoms with Crippen molar-refractivity contribution in [3.63, 3.8) is 0 Å². The summed E-state index contributed by atoms with van der Waals surface area (Å²) >= 11 is 0. The number of para-hydroxylation sites is 1. The van der Waals surface area contributed by atoms with Crippen molar-refractivity contribution in [1.82, 2.24) is 9.88 Å². The molecule has 37 heavy (non-hydrogen) atoms. The number of carbonyl (C=O) groups is 3. The van der Waals surface area contributed by atoms with E-state index < -0.39 is 23.7 Å². The molecule has 1 unspecified atom stereocenters. The van der Waals surface area contributed by atoms with E-state index >= 15 is 0 Å². The Labute approximate surface area is 212 Å². The third-order valence-electron chi connectivity index (χ3n) is 6.54. The van der Waals surface area contributed by atoms with Crippen LogP contribution < -0.4 is 4.74 Å². The third-order valence-corrected chi connectivity index (χ3v) is 6.54. The number of H-pyrrole nitrogens is 1. The van der Waals surface area contributed by atoms with Gasteiger partial charge >= 0.3 is 5.97 Å². The first kappa shape index (κ1) is 23.9. The van der Waals surface area contributed by atoms with Crippen LogP contribution in [0.4, 0.5) is 0 Å². The molecule has 2 N–H and O–H groups in total. The van der Waals surface area contributed by atoms with Gasteiger partial charge in [-0.3, -0.25) is 9.59 Å². The van der Waals surface area contributed by atoms with Gasteiger partial charge in [0, 0.05) is 29.2 Å². The fourth-order valence-electron chi connectivity index (χ4n) is 4.65. The Kier molecular flexibility index (Phi) is 6.23. The molecule has 1 atom stereocenters. The van der Waals surface area contributed by atoms with E-state index in [1.165, 1.54) is 12.0 Å². The van der Waals surface area contributed by atoms with Crippen molar-refractivity contribution < 1.29 is 29.0 Å². The predicted molar refractivity (Wildman–Crippen MR) is 137 cm³/mol. The van der Waals surface area contributed by atoms with Gasteiger partial charge < -0.3 is 24.5 Å². The minimum atomic E-state index is -0.833. The number of hydrogen-bond acceptors (Lipinski definition) is 6. The number of ether oxygens (including phenoxy) is 2. The van der Waals surface area contributed by atoms with Crippen LogP contribution >= 0.6 is 0 Å². The molecule has 0 aliphatic carbocycles. The number of rotatable bonds is 6. The summed E-state index contributed by atoms with van der Waals surface area (Å²) in [7, 11) is 2.86. The lowest BCUT2D eigenvalue weighted by atomic mass is 9.95. The molecular weight excluding hydrogens is 472 g/mol. The average Bonchev–Trinajstić information content (AvgIpc) is 3.48. The van der Waals surface area contributed by atoms with Crippen molar-refractivity contribution in [2.75, 3.05) is 14.2 Å². The number of nitrogens with one attached hydrogen (secondary N) is 1. The number of aromatic nitrogens is 1. The highest BCUT2D eigenvalue weighted by Crippen LogP contribution is 2.41. The van der Waals surface area contributed by atoms with Crippen LogP contribution in [0.3, 0.4) is 0 Å². The summed E-state index contributed by atoms with van der Waals surface area (Å²) in [4.78, 5) is 43.0. The van der Waals surface area contributed by atoms with Gasteiger partial charge in [0.05, 0.1) is 31.4 Å². The van der Waals surface area contributed by atoms with E-state index in [4.69, 9.17) is 9.47 Å². The zero-order valence-corrected chi connectivity index (χ0v) is 20.2. The Morgan fingerprint density at radius 1 is 0.973 bits per heavy atom. The Morgan fingerprint density at radius 3 is 2.35 bits per heavy atom. The number of fused-ring (bicyclic) bond motifs is 1. The van der Waals surface area contributed by atoms with Crippen LogP contribution in [-0.2, 0) is 20.9 Å². The van der Waals surface area contributed by atoms with Crippen LogP contribution in [-0.4, -0.2) is 46.9 Å². The molecule has 1 aromatic heterocycles. The minimum Gasteiger partial charge on any atom is -0.507 e. The molecule has 0 spiro atoms. The Morgan fingerprint density at radius 2 is 1.68 bits per heavy atom. The number of nitrogens with zero attached hydrogens (tertiary/aromatic N) is 1. The van der Waals surface area contributed by atoms with Crippen LogP contribution in [0.2, 0.25) is 0 Å². The fraction of sp³-hybridized carbons (Fsp3) is 0.138. The van der Waals surface area contributed by atoms with Crippen LogP contribution in [0.15, 0.2) is 84.6 Å². The summed E-state index contributed by atoms with van der Waals surface area (Å²) in [6, 6.07) is 20.2. The number of ketones is 1. The number of amides is 1. The number of likely N-dealkylation sites (tertiary alicyclic amines) is 1. The van der Waals surface area contributed by atoms with Crippen molar-refractivity contribution in [3.05, 3.63) is 107 Å². The van der Waals surface area contributed by atoms with Crippen LogP contribution in [0, 0.1) is 0 Å². The van der Waals surface area contributed by atoms with Crippen LogP contribution in [0.1, 0.15) is 33.1 Å². The number of Topliss-reactive ketones (excluding diaryl/α,β-unsaturated/α-hetero) is 1. The number of hydrogen-bond donors (Lipinski definition) is 2. The first-order valence-corrected chi connectivity index (χ1v) is 11.6.